The number of rotatable bonds is 4. The van der Waals surface area contributed by atoms with Crippen LogP contribution in [0.5, 0.6) is 0 Å². The van der Waals surface area contributed by atoms with Crippen molar-refractivity contribution in [3.05, 3.63) is 18.1 Å². The zero-order valence-electron chi connectivity index (χ0n) is 15.7. The number of amides is 1. The Morgan fingerprint density at radius 2 is 2.00 bits per heavy atom. The zero-order valence-corrected chi connectivity index (χ0v) is 15.7. The monoisotopic (exact) mass is 354 g/mol. The van der Waals surface area contributed by atoms with Gasteiger partial charge in [0.1, 0.15) is 17.1 Å². The molecule has 3 rings (SSSR count). The number of hydrogen-bond acceptors (Lipinski definition) is 7. The second kappa shape index (κ2) is 7.45. The van der Waals surface area contributed by atoms with Crippen LogP contribution in [0, 0.1) is 5.92 Å². The van der Waals surface area contributed by atoms with Crippen LogP contribution >= 0.6 is 0 Å². The van der Waals surface area contributed by atoms with E-state index in [2.05, 4.69) is 20.2 Å². The summed E-state index contributed by atoms with van der Waals surface area (Å²) >= 11 is 0. The summed E-state index contributed by atoms with van der Waals surface area (Å²) in [6.45, 7) is 7.08. The van der Waals surface area contributed by atoms with Gasteiger partial charge >= 0.3 is 25.0 Å². The summed E-state index contributed by atoms with van der Waals surface area (Å²) in [4.78, 5) is 32.9. The molecule has 0 radical (unpaired) electrons. The molecule has 0 unspecified atom stereocenters. The molecule has 2 aliphatic rings. The van der Waals surface area contributed by atoms with Gasteiger partial charge in [-0.1, -0.05) is 0 Å². The van der Waals surface area contributed by atoms with Crippen LogP contribution in [0.4, 0.5) is 10.6 Å². The summed E-state index contributed by atoms with van der Waals surface area (Å²) in [6, 6.07) is 0. The number of carbonyl (C=O) groups is 2. The Morgan fingerprint density at radius 3 is 2.50 bits per heavy atom. The van der Waals surface area contributed by atoms with Crippen LogP contribution in [-0.2, 0) is 4.74 Å². The molecule has 1 N–H and O–H groups in total. The van der Waals surface area contributed by atoms with Gasteiger partial charge in [0.15, 0.2) is 0 Å². The number of carboxylic acids is 1. The molecule has 1 aliphatic carbocycles. The molecule has 0 bridgehead atoms. The number of nitrogens with one attached hydrogen (secondary N) is 1. The third-order valence-electron chi connectivity index (χ3n) is 4.68. The Morgan fingerprint density at radius 1 is 1.31 bits per heavy atom. The number of carbonyl (C=O) groups excluding carboxylic acids is 2. The molecule has 8 nitrogen and oxygen atoms in total. The SMILES string of the molecule is CC(C)(C)OC(=O)NC1([C@@H]2CCN(c3cnc(C(=O)[O-])cn3)C2)CC1.[Li+]. The third kappa shape index (κ3) is 4.68. The van der Waals surface area contributed by atoms with E-state index in [1.54, 1.807) is 0 Å². The summed E-state index contributed by atoms with van der Waals surface area (Å²) in [5.74, 6) is -0.389. The van der Waals surface area contributed by atoms with E-state index < -0.39 is 11.6 Å². The number of hydrogen-bond donors (Lipinski definition) is 1. The van der Waals surface area contributed by atoms with Crippen LogP contribution < -0.4 is 34.2 Å². The van der Waals surface area contributed by atoms with E-state index in [1.165, 1.54) is 12.4 Å². The second-order valence-corrected chi connectivity index (χ2v) is 7.76. The number of aromatic carboxylic acids is 1. The molecule has 1 saturated carbocycles. The topological polar surface area (TPSA) is 107 Å². The van der Waals surface area contributed by atoms with E-state index in [-0.39, 0.29) is 36.2 Å². The molecule has 1 aliphatic heterocycles. The zero-order chi connectivity index (χ0) is 18.2. The summed E-state index contributed by atoms with van der Waals surface area (Å²) in [5, 5.41) is 13.8. The van der Waals surface area contributed by atoms with Crippen LogP contribution in [0.15, 0.2) is 12.4 Å². The smallest absolute Gasteiger partial charge is 0.543 e. The predicted molar refractivity (Wildman–Crippen MR) is 88.0 cm³/mol. The van der Waals surface area contributed by atoms with Gasteiger partial charge < -0.3 is 24.9 Å². The molecular weight excluding hydrogens is 331 g/mol. The molecule has 26 heavy (non-hydrogen) atoms. The first-order chi connectivity index (χ1) is 11.7. The van der Waals surface area contributed by atoms with E-state index >= 15 is 0 Å². The van der Waals surface area contributed by atoms with Gasteiger partial charge in [-0.15, -0.1) is 0 Å². The van der Waals surface area contributed by atoms with E-state index in [1.807, 2.05) is 20.8 Å². The molecule has 2 heterocycles. The Balaban J connectivity index is 0.00000243. The maximum absolute atomic E-state index is 12.1. The van der Waals surface area contributed by atoms with Crippen molar-refractivity contribution in [2.24, 2.45) is 5.92 Å². The minimum atomic E-state index is -1.34. The van der Waals surface area contributed by atoms with Gasteiger partial charge in [-0.25, -0.2) is 14.8 Å². The van der Waals surface area contributed by atoms with Crippen molar-refractivity contribution in [1.29, 1.82) is 0 Å². The van der Waals surface area contributed by atoms with Crippen molar-refractivity contribution in [2.75, 3.05) is 18.0 Å². The summed E-state index contributed by atoms with van der Waals surface area (Å²) in [7, 11) is 0. The van der Waals surface area contributed by atoms with E-state index in [4.69, 9.17) is 4.74 Å². The molecule has 1 aromatic rings. The van der Waals surface area contributed by atoms with Gasteiger partial charge in [0.25, 0.3) is 0 Å². The van der Waals surface area contributed by atoms with Crippen molar-refractivity contribution in [3.8, 4) is 0 Å². The normalized spacial score (nSPS) is 20.9. The van der Waals surface area contributed by atoms with E-state index in [0.29, 0.717) is 11.7 Å². The van der Waals surface area contributed by atoms with Crippen LogP contribution in [-0.4, -0.2) is 46.3 Å². The molecule has 0 spiro atoms. The van der Waals surface area contributed by atoms with Crippen molar-refractivity contribution in [1.82, 2.24) is 15.3 Å². The van der Waals surface area contributed by atoms with Crippen LogP contribution in [0.3, 0.4) is 0 Å². The fraction of sp³-hybridized carbons (Fsp3) is 0.647. The quantitative estimate of drug-likeness (QED) is 0.608. The first-order valence-corrected chi connectivity index (χ1v) is 8.48. The van der Waals surface area contributed by atoms with Gasteiger partial charge in [-0.2, -0.15) is 0 Å². The van der Waals surface area contributed by atoms with E-state index in [0.717, 1.165) is 32.4 Å². The van der Waals surface area contributed by atoms with Gasteiger partial charge in [-0.05, 0) is 40.0 Å². The summed E-state index contributed by atoms with van der Waals surface area (Å²) < 4.78 is 5.37. The maximum atomic E-state index is 12.1. The van der Waals surface area contributed by atoms with Crippen LogP contribution in [0.1, 0.15) is 50.5 Å². The van der Waals surface area contributed by atoms with Crippen molar-refractivity contribution < 1.29 is 38.3 Å². The Labute approximate surface area is 164 Å². The molecule has 0 aromatic carbocycles. The number of nitrogens with zero attached hydrogens (tertiary/aromatic N) is 3. The van der Waals surface area contributed by atoms with Gasteiger partial charge in [0, 0.05) is 24.5 Å². The Hall–Kier alpha value is -1.78. The standard InChI is InChI=1S/C17H24N4O4.Li/c1-16(2,3)25-15(24)20-17(5-6-17)11-4-7-21(10-11)13-9-18-12(8-19-13)14(22)23;/h8-9,11H,4-7,10H2,1-3H3,(H,20,24)(H,22,23);/q;+1/p-1/t11-;/m1./s1. The number of aromatic nitrogens is 2. The first-order valence-electron chi connectivity index (χ1n) is 8.48. The Kier molecular flexibility index (Phi) is 5.88. The molecule has 136 valence electrons. The average molecular weight is 354 g/mol. The third-order valence-corrected chi connectivity index (χ3v) is 4.68. The largest absolute Gasteiger partial charge is 1.00 e. The minimum absolute atomic E-state index is 0. The number of anilines is 1. The fourth-order valence-electron chi connectivity index (χ4n) is 3.29. The average Bonchev–Trinajstić information content (AvgIpc) is 3.10. The van der Waals surface area contributed by atoms with Gasteiger partial charge in [-0.3, -0.25) is 0 Å². The summed E-state index contributed by atoms with van der Waals surface area (Å²) in [5.41, 5.74) is -0.891. The molecule has 2 fully saturated rings. The number of carboxylic acid groups (broad SMARTS) is 1. The van der Waals surface area contributed by atoms with Gasteiger partial charge in [0.05, 0.1) is 18.4 Å². The van der Waals surface area contributed by atoms with Crippen molar-refractivity contribution >= 4 is 17.9 Å². The molecule has 9 heteroatoms. The fourth-order valence-corrected chi connectivity index (χ4v) is 3.29. The second-order valence-electron chi connectivity index (χ2n) is 7.76. The van der Waals surface area contributed by atoms with Gasteiger partial charge in [0.2, 0.25) is 0 Å². The number of ether oxygens (including phenoxy) is 1. The van der Waals surface area contributed by atoms with Crippen LogP contribution in [0.2, 0.25) is 0 Å². The van der Waals surface area contributed by atoms with Crippen molar-refractivity contribution in [3.63, 3.8) is 0 Å². The Bertz CT molecular complexity index is 670. The summed E-state index contributed by atoms with van der Waals surface area (Å²) in [6.07, 6.45) is 5.11. The molecule has 1 atom stereocenters. The molecule has 1 amide bonds. The van der Waals surface area contributed by atoms with E-state index in [9.17, 15) is 14.7 Å². The maximum Gasteiger partial charge on any atom is 1.00 e. The minimum Gasteiger partial charge on any atom is -0.543 e. The van der Waals surface area contributed by atoms with Crippen molar-refractivity contribution in [2.45, 2.75) is 51.2 Å². The molecular formula is C17H23LiN4O4. The predicted octanol–water partition coefficient (Wildman–Crippen LogP) is -2.27. The first kappa shape index (κ1) is 20.5. The molecule has 1 saturated heterocycles. The molecule has 1 aromatic heterocycles. The van der Waals surface area contributed by atoms with Crippen LogP contribution in [0.25, 0.3) is 0 Å². The number of alkyl carbamates (subject to hydrolysis) is 1.